The van der Waals surface area contributed by atoms with Gasteiger partial charge >= 0.3 is 0 Å². The molecule has 0 saturated heterocycles. The van der Waals surface area contributed by atoms with Gasteiger partial charge in [-0.15, -0.1) is 0 Å². The van der Waals surface area contributed by atoms with Crippen molar-refractivity contribution in [3.8, 4) is 0 Å². The summed E-state index contributed by atoms with van der Waals surface area (Å²) in [4.78, 5) is 24.6. The first-order valence-corrected chi connectivity index (χ1v) is 8.87. The fourth-order valence-electron chi connectivity index (χ4n) is 2.90. The molecule has 2 amide bonds. The van der Waals surface area contributed by atoms with Gasteiger partial charge in [0.05, 0.1) is 17.7 Å². The second-order valence-corrected chi connectivity index (χ2v) is 6.64. The first-order chi connectivity index (χ1) is 11.2. The molecule has 23 heavy (non-hydrogen) atoms. The Labute approximate surface area is 139 Å². The molecule has 2 N–H and O–H groups in total. The van der Waals surface area contributed by atoms with Gasteiger partial charge in [0.25, 0.3) is 5.91 Å². The van der Waals surface area contributed by atoms with Crippen LogP contribution in [0.15, 0.2) is 41.1 Å². The molecule has 0 atom stereocenters. The standard InChI is InChI=1S/C18H20N2O2S/c21-17(11-13-9-10-23-12-13)20-16-8-4-3-7-15(16)18(22)19-14-5-1-2-6-14/h3-4,7-10,12,14H,1-2,5-6,11H2,(H,19,22)(H,20,21). The van der Waals surface area contributed by atoms with E-state index in [2.05, 4.69) is 10.6 Å². The number of carbonyl (C=O) groups excluding carboxylic acids is 2. The van der Waals surface area contributed by atoms with Gasteiger partial charge < -0.3 is 10.6 Å². The van der Waals surface area contributed by atoms with Crippen LogP contribution in [0.25, 0.3) is 0 Å². The smallest absolute Gasteiger partial charge is 0.253 e. The highest BCUT2D eigenvalue weighted by Crippen LogP contribution is 2.20. The molecule has 2 aromatic rings. The first kappa shape index (κ1) is 15.7. The highest BCUT2D eigenvalue weighted by molar-refractivity contribution is 7.08. The normalized spacial score (nSPS) is 14.6. The van der Waals surface area contributed by atoms with Crippen LogP contribution in [-0.2, 0) is 11.2 Å². The number of amides is 2. The highest BCUT2D eigenvalue weighted by atomic mass is 32.1. The maximum atomic E-state index is 12.5. The molecule has 120 valence electrons. The van der Waals surface area contributed by atoms with Gasteiger partial charge in [0.2, 0.25) is 5.91 Å². The molecular formula is C18H20N2O2S. The summed E-state index contributed by atoms with van der Waals surface area (Å²) in [5.41, 5.74) is 2.08. The lowest BCUT2D eigenvalue weighted by Crippen LogP contribution is -2.33. The van der Waals surface area contributed by atoms with Crippen LogP contribution in [0.4, 0.5) is 5.69 Å². The molecule has 1 saturated carbocycles. The Kier molecular flexibility index (Phi) is 5.08. The zero-order valence-electron chi connectivity index (χ0n) is 12.9. The molecule has 0 bridgehead atoms. The summed E-state index contributed by atoms with van der Waals surface area (Å²) in [6.45, 7) is 0. The summed E-state index contributed by atoms with van der Waals surface area (Å²) in [7, 11) is 0. The van der Waals surface area contributed by atoms with E-state index in [1.54, 1.807) is 23.5 Å². The molecule has 0 radical (unpaired) electrons. The predicted octanol–water partition coefficient (Wildman–Crippen LogP) is 3.60. The fraction of sp³-hybridized carbons (Fsp3) is 0.333. The molecule has 0 aliphatic heterocycles. The molecule has 1 aliphatic carbocycles. The molecule has 5 heteroatoms. The van der Waals surface area contributed by atoms with Gasteiger partial charge in [-0.25, -0.2) is 0 Å². The van der Waals surface area contributed by atoms with Gasteiger partial charge in [-0.3, -0.25) is 9.59 Å². The van der Waals surface area contributed by atoms with Crippen LogP contribution in [0.2, 0.25) is 0 Å². The van der Waals surface area contributed by atoms with Crippen LogP contribution in [0.1, 0.15) is 41.6 Å². The van der Waals surface area contributed by atoms with Crippen LogP contribution in [0, 0.1) is 0 Å². The predicted molar refractivity (Wildman–Crippen MR) is 92.8 cm³/mol. The number of hydrogen-bond donors (Lipinski definition) is 2. The van der Waals surface area contributed by atoms with E-state index < -0.39 is 0 Å². The zero-order chi connectivity index (χ0) is 16.1. The number of hydrogen-bond acceptors (Lipinski definition) is 3. The van der Waals surface area contributed by atoms with Gasteiger partial charge in [0.1, 0.15) is 0 Å². The van der Waals surface area contributed by atoms with Crippen molar-refractivity contribution in [3.05, 3.63) is 52.2 Å². The Morgan fingerprint density at radius 3 is 2.65 bits per heavy atom. The third-order valence-electron chi connectivity index (χ3n) is 4.08. The number of nitrogens with one attached hydrogen (secondary N) is 2. The van der Waals surface area contributed by atoms with Crippen molar-refractivity contribution in [1.82, 2.24) is 5.32 Å². The summed E-state index contributed by atoms with van der Waals surface area (Å²) in [5.74, 6) is -0.215. The zero-order valence-corrected chi connectivity index (χ0v) is 13.7. The molecule has 3 rings (SSSR count). The molecule has 4 nitrogen and oxygen atoms in total. The summed E-state index contributed by atoms with van der Waals surface area (Å²) in [5, 5.41) is 9.83. The van der Waals surface area contributed by atoms with E-state index in [4.69, 9.17) is 0 Å². The Morgan fingerprint density at radius 2 is 1.91 bits per heavy atom. The maximum absolute atomic E-state index is 12.5. The van der Waals surface area contributed by atoms with Crippen molar-refractivity contribution < 1.29 is 9.59 Å². The van der Waals surface area contributed by atoms with E-state index in [1.807, 2.05) is 29.0 Å². The van der Waals surface area contributed by atoms with Gasteiger partial charge in [-0.1, -0.05) is 25.0 Å². The Balaban J connectivity index is 1.67. The van der Waals surface area contributed by atoms with E-state index in [1.165, 1.54) is 12.8 Å². The summed E-state index contributed by atoms with van der Waals surface area (Å²) in [6.07, 6.45) is 4.74. The van der Waals surface area contributed by atoms with Gasteiger partial charge in [-0.2, -0.15) is 11.3 Å². The van der Waals surface area contributed by atoms with Crippen LogP contribution >= 0.6 is 11.3 Å². The molecule has 1 aromatic heterocycles. The summed E-state index contributed by atoms with van der Waals surface area (Å²) >= 11 is 1.57. The average Bonchev–Trinajstić information content (AvgIpc) is 3.21. The second kappa shape index (κ2) is 7.42. The number of thiophene rings is 1. The first-order valence-electron chi connectivity index (χ1n) is 7.93. The van der Waals surface area contributed by atoms with Gasteiger partial charge in [-0.05, 0) is 47.4 Å². The minimum Gasteiger partial charge on any atom is -0.349 e. The average molecular weight is 328 g/mol. The molecule has 1 aromatic carbocycles. The summed E-state index contributed by atoms with van der Waals surface area (Å²) in [6, 6.07) is 9.37. The van der Waals surface area contributed by atoms with Crippen molar-refractivity contribution in [1.29, 1.82) is 0 Å². The number of para-hydroxylation sites is 1. The third-order valence-corrected chi connectivity index (χ3v) is 4.81. The monoisotopic (exact) mass is 328 g/mol. The molecular weight excluding hydrogens is 308 g/mol. The van der Waals surface area contributed by atoms with Crippen molar-refractivity contribution >= 4 is 28.8 Å². The molecule has 1 fully saturated rings. The van der Waals surface area contributed by atoms with Crippen LogP contribution in [0.3, 0.4) is 0 Å². The molecule has 1 heterocycles. The number of rotatable bonds is 5. The van der Waals surface area contributed by atoms with Crippen LogP contribution < -0.4 is 10.6 Å². The lowest BCUT2D eigenvalue weighted by atomic mass is 10.1. The lowest BCUT2D eigenvalue weighted by Gasteiger charge is -2.15. The fourth-order valence-corrected chi connectivity index (χ4v) is 3.57. The van der Waals surface area contributed by atoms with E-state index in [9.17, 15) is 9.59 Å². The SMILES string of the molecule is O=C(Cc1ccsc1)Nc1ccccc1C(=O)NC1CCCC1. The van der Waals surface area contributed by atoms with Gasteiger partial charge in [0, 0.05) is 6.04 Å². The van der Waals surface area contributed by atoms with E-state index in [0.717, 1.165) is 18.4 Å². The molecule has 1 aliphatic rings. The Hall–Kier alpha value is -2.14. The van der Waals surface area contributed by atoms with Crippen molar-refractivity contribution in [3.63, 3.8) is 0 Å². The topological polar surface area (TPSA) is 58.2 Å². The number of carbonyl (C=O) groups is 2. The molecule has 0 unspecified atom stereocenters. The third kappa shape index (κ3) is 4.20. The highest BCUT2D eigenvalue weighted by Gasteiger charge is 2.20. The van der Waals surface area contributed by atoms with Crippen molar-refractivity contribution in [2.24, 2.45) is 0 Å². The minimum atomic E-state index is -0.108. The molecule has 0 spiro atoms. The van der Waals surface area contributed by atoms with Crippen molar-refractivity contribution in [2.75, 3.05) is 5.32 Å². The Bertz CT molecular complexity index is 676. The number of benzene rings is 1. The van der Waals surface area contributed by atoms with Gasteiger partial charge in [0.15, 0.2) is 0 Å². The quantitative estimate of drug-likeness (QED) is 0.881. The number of anilines is 1. The summed E-state index contributed by atoms with van der Waals surface area (Å²) < 4.78 is 0. The van der Waals surface area contributed by atoms with Crippen LogP contribution in [0.5, 0.6) is 0 Å². The maximum Gasteiger partial charge on any atom is 0.253 e. The van der Waals surface area contributed by atoms with Crippen molar-refractivity contribution in [2.45, 2.75) is 38.1 Å². The minimum absolute atomic E-state index is 0.107. The lowest BCUT2D eigenvalue weighted by molar-refractivity contribution is -0.115. The largest absolute Gasteiger partial charge is 0.349 e. The van der Waals surface area contributed by atoms with E-state index in [-0.39, 0.29) is 17.9 Å². The Morgan fingerprint density at radius 1 is 1.13 bits per heavy atom. The second-order valence-electron chi connectivity index (χ2n) is 5.86. The van der Waals surface area contributed by atoms with Crippen LogP contribution in [-0.4, -0.2) is 17.9 Å². The van der Waals surface area contributed by atoms with E-state index in [0.29, 0.717) is 17.7 Å². The van der Waals surface area contributed by atoms with E-state index >= 15 is 0 Å².